The number of hydrogen-bond acceptors (Lipinski definition) is 7. The van der Waals surface area contributed by atoms with Crippen LogP contribution in [0, 0.1) is 0 Å². The second-order valence-electron chi connectivity index (χ2n) is 8.76. The molecule has 2 saturated heterocycles. The van der Waals surface area contributed by atoms with Crippen molar-refractivity contribution in [3.63, 3.8) is 0 Å². The van der Waals surface area contributed by atoms with Gasteiger partial charge in [0.05, 0.1) is 25.0 Å². The number of benzene rings is 1. The van der Waals surface area contributed by atoms with Crippen LogP contribution in [0.15, 0.2) is 63.8 Å². The van der Waals surface area contributed by atoms with Crippen LogP contribution in [0.3, 0.4) is 0 Å². The Labute approximate surface area is 210 Å². The molecule has 2 fully saturated rings. The minimum atomic E-state index is -1.32. The Kier molecular flexibility index (Phi) is 4.80. The van der Waals surface area contributed by atoms with E-state index >= 15 is 0 Å². The lowest BCUT2D eigenvalue weighted by atomic mass is 9.73. The Hall–Kier alpha value is -2.59. The predicted octanol–water partition coefficient (Wildman–Crippen LogP) is 4.23. The average Bonchev–Trinajstić information content (AvgIpc) is 3.61. The van der Waals surface area contributed by atoms with Crippen LogP contribution in [0.4, 0.5) is 5.69 Å². The van der Waals surface area contributed by atoms with Crippen molar-refractivity contribution in [1.82, 2.24) is 9.80 Å². The number of rotatable bonds is 3. The van der Waals surface area contributed by atoms with E-state index in [1.165, 1.54) is 11.8 Å². The summed E-state index contributed by atoms with van der Waals surface area (Å²) in [7, 11) is 3.60. The van der Waals surface area contributed by atoms with E-state index in [0.29, 0.717) is 33.0 Å². The van der Waals surface area contributed by atoms with Crippen molar-refractivity contribution in [3.05, 3.63) is 77.1 Å². The summed E-state index contributed by atoms with van der Waals surface area (Å²) in [5, 5.41) is 0.497. The number of furan rings is 2. The van der Waals surface area contributed by atoms with Gasteiger partial charge in [-0.05, 0) is 49.5 Å². The molecule has 3 aliphatic heterocycles. The lowest BCUT2D eigenvalue weighted by Crippen LogP contribution is -2.62. The number of hydrogen-bond donors (Lipinski definition) is 0. The predicted molar refractivity (Wildman–Crippen MR) is 133 cm³/mol. The fourth-order valence-corrected chi connectivity index (χ4v) is 8.08. The molecule has 34 heavy (non-hydrogen) atoms. The molecule has 1 aromatic carbocycles. The van der Waals surface area contributed by atoms with Gasteiger partial charge in [-0.3, -0.25) is 19.4 Å². The monoisotopic (exact) mass is 513 g/mol. The normalized spacial score (nSPS) is 28.8. The zero-order chi connectivity index (χ0) is 23.8. The first-order valence-corrected chi connectivity index (χ1v) is 12.3. The van der Waals surface area contributed by atoms with Crippen molar-refractivity contribution in [3.8, 4) is 0 Å². The third kappa shape index (κ3) is 2.55. The number of anilines is 1. The first-order chi connectivity index (χ1) is 16.3. The molecule has 0 radical (unpaired) electrons. The van der Waals surface area contributed by atoms with E-state index < -0.39 is 16.2 Å². The van der Waals surface area contributed by atoms with Gasteiger partial charge in [-0.1, -0.05) is 35.6 Å². The van der Waals surface area contributed by atoms with E-state index in [9.17, 15) is 9.59 Å². The highest BCUT2D eigenvalue weighted by Gasteiger charge is 2.79. The van der Waals surface area contributed by atoms with Gasteiger partial charge in [0, 0.05) is 29.9 Å². The highest BCUT2D eigenvalue weighted by atomic mass is 35.5. The largest absolute Gasteiger partial charge is 0.469 e. The molecule has 0 unspecified atom stereocenters. The second kappa shape index (κ2) is 7.45. The van der Waals surface area contributed by atoms with E-state index in [1.807, 2.05) is 24.1 Å². The van der Waals surface area contributed by atoms with Crippen LogP contribution in [0.2, 0.25) is 5.02 Å². The molecule has 2 amide bonds. The van der Waals surface area contributed by atoms with Gasteiger partial charge >= 0.3 is 0 Å². The van der Waals surface area contributed by atoms with E-state index in [0.717, 1.165) is 5.69 Å². The summed E-state index contributed by atoms with van der Waals surface area (Å²) in [6, 6.07) is 12.6. The Bertz CT molecular complexity index is 1330. The van der Waals surface area contributed by atoms with Crippen LogP contribution >= 0.6 is 35.6 Å². The molecule has 3 atom stereocenters. The molecule has 174 valence electrons. The van der Waals surface area contributed by atoms with Gasteiger partial charge in [0.15, 0.2) is 5.54 Å². The van der Waals surface area contributed by atoms with Gasteiger partial charge < -0.3 is 13.7 Å². The van der Waals surface area contributed by atoms with E-state index in [4.69, 9.17) is 32.7 Å². The first-order valence-electron chi connectivity index (χ1n) is 10.7. The van der Waals surface area contributed by atoms with Crippen molar-refractivity contribution < 1.29 is 18.4 Å². The molecule has 0 N–H and O–H groups in total. The molecule has 3 aliphatic rings. The lowest BCUT2D eigenvalue weighted by molar-refractivity contribution is -0.139. The maximum absolute atomic E-state index is 14.5. The van der Waals surface area contributed by atoms with Crippen molar-refractivity contribution in [2.75, 3.05) is 25.5 Å². The number of fused-ring (bicyclic) bond motifs is 3. The molecule has 10 heteroatoms. The molecule has 2 aromatic heterocycles. The molecule has 7 nitrogen and oxygen atoms in total. The zero-order valence-electron chi connectivity index (χ0n) is 18.4. The fourth-order valence-electron chi connectivity index (χ4n) is 5.80. The molecule has 2 spiro atoms. The molecule has 0 aliphatic carbocycles. The minimum Gasteiger partial charge on any atom is -0.469 e. The van der Waals surface area contributed by atoms with Crippen molar-refractivity contribution in [2.45, 2.75) is 22.7 Å². The van der Waals surface area contributed by atoms with Crippen molar-refractivity contribution in [2.24, 2.45) is 0 Å². The molecular weight excluding hydrogens is 494 g/mol. The topological polar surface area (TPSA) is 70.1 Å². The third-order valence-corrected chi connectivity index (χ3v) is 9.37. The highest BCUT2D eigenvalue weighted by molar-refractivity contribution is 8.25. The molecule has 6 rings (SSSR count). The number of amides is 2. The Morgan fingerprint density at radius 1 is 1.12 bits per heavy atom. The second-order valence-corrected chi connectivity index (χ2v) is 11.1. The highest BCUT2D eigenvalue weighted by Crippen LogP contribution is 2.66. The molecule has 0 bridgehead atoms. The zero-order valence-corrected chi connectivity index (χ0v) is 20.7. The summed E-state index contributed by atoms with van der Waals surface area (Å²) in [4.78, 5) is 33.9. The number of carbonyl (C=O) groups excluding carboxylic acids is 2. The summed E-state index contributed by atoms with van der Waals surface area (Å²) in [6.45, 7) is 0.617. The van der Waals surface area contributed by atoms with Crippen LogP contribution in [-0.2, 0) is 21.7 Å². The van der Waals surface area contributed by atoms with Crippen LogP contribution < -0.4 is 4.90 Å². The number of likely N-dealkylation sites (tertiary alicyclic amines) is 1. The van der Waals surface area contributed by atoms with Crippen LogP contribution in [0.25, 0.3) is 0 Å². The van der Waals surface area contributed by atoms with Gasteiger partial charge in [0.25, 0.3) is 5.91 Å². The van der Waals surface area contributed by atoms with Gasteiger partial charge in [-0.2, -0.15) is 0 Å². The van der Waals surface area contributed by atoms with Crippen molar-refractivity contribution in [1.29, 1.82) is 0 Å². The Morgan fingerprint density at radius 3 is 2.59 bits per heavy atom. The van der Waals surface area contributed by atoms with Crippen molar-refractivity contribution >= 4 is 57.4 Å². The summed E-state index contributed by atoms with van der Waals surface area (Å²) < 4.78 is 10.5. The summed E-state index contributed by atoms with van der Waals surface area (Å²) in [5.74, 6) is 0.399. The fraction of sp³-hybridized carbons (Fsp3) is 0.292. The average molecular weight is 514 g/mol. The van der Waals surface area contributed by atoms with E-state index in [-0.39, 0.29) is 18.4 Å². The standard InChI is InChI=1S/C24H20ClN3O4S2/c1-26-13-17(19-6-4-10-32-19)24(21(30)28(22(33)34-24)12-15-5-3-9-31-15)23(26)16-11-14(25)7-8-18(16)27(2)20(23)29/h3-11,17H,12-13H2,1-2H3/t17-,23+,24+/m1/s1. The summed E-state index contributed by atoms with van der Waals surface area (Å²) >= 11 is 13.5. The third-order valence-electron chi connectivity index (χ3n) is 7.19. The smallest absolute Gasteiger partial charge is 0.254 e. The lowest BCUT2D eigenvalue weighted by Gasteiger charge is -2.41. The number of nitrogens with zero attached hydrogens (tertiary/aromatic N) is 3. The van der Waals surface area contributed by atoms with Gasteiger partial charge in [-0.15, -0.1) is 0 Å². The number of halogens is 1. The van der Waals surface area contributed by atoms with Crippen LogP contribution in [-0.4, -0.2) is 51.3 Å². The van der Waals surface area contributed by atoms with E-state index in [2.05, 4.69) is 0 Å². The van der Waals surface area contributed by atoms with E-state index in [1.54, 1.807) is 59.7 Å². The van der Waals surface area contributed by atoms with Crippen LogP contribution in [0.1, 0.15) is 23.0 Å². The number of likely N-dealkylation sites (N-methyl/N-ethyl adjacent to an activating group) is 2. The molecule has 5 heterocycles. The number of thiocarbonyl (C=S) groups is 1. The van der Waals surface area contributed by atoms with Gasteiger partial charge in [-0.25, -0.2) is 0 Å². The Morgan fingerprint density at radius 2 is 1.88 bits per heavy atom. The number of carbonyl (C=O) groups is 2. The summed E-state index contributed by atoms with van der Waals surface area (Å²) in [6.07, 6.45) is 3.15. The summed E-state index contributed by atoms with van der Waals surface area (Å²) in [5.41, 5.74) is 0.112. The molecular formula is C24H20ClN3O4S2. The maximum atomic E-state index is 14.5. The molecule has 0 saturated carbocycles. The molecule has 3 aromatic rings. The first kappa shape index (κ1) is 21.9. The minimum absolute atomic E-state index is 0.190. The SMILES string of the molecule is CN1C(=O)[C@]2(c3cc(Cl)ccc31)N(C)C[C@H](c1ccco1)[C@@]21SC(=S)N(Cc2ccco2)C1=O. The van der Waals surface area contributed by atoms with Gasteiger partial charge in [0.1, 0.15) is 20.6 Å². The van der Waals surface area contributed by atoms with Gasteiger partial charge in [0.2, 0.25) is 5.91 Å². The quantitative estimate of drug-likeness (QED) is 0.485. The van der Waals surface area contributed by atoms with Crippen LogP contribution in [0.5, 0.6) is 0 Å². The Balaban J connectivity index is 1.61. The number of thioether (sulfide) groups is 1. The maximum Gasteiger partial charge on any atom is 0.254 e.